The number of thioether (sulfide) groups is 1. The lowest BCUT2D eigenvalue weighted by Crippen LogP contribution is -2.52. The first kappa shape index (κ1) is 21.0. The predicted octanol–water partition coefficient (Wildman–Crippen LogP) is 4.40. The second-order valence-electron chi connectivity index (χ2n) is 8.74. The highest BCUT2D eigenvalue weighted by molar-refractivity contribution is 8.01. The Hall–Kier alpha value is -2.61. The van der Waals surface area contributed by atoms with Crippen molar-refractivity contribution in [2.45, 2.75) is 16.3 Å². The molecule has 2 unspecified atom stereocenters. The van der Waals surface area contributed by atoms with E-state index < -0.39 is 0 Å². The van der Waals surface area contributed by atoms with Gasteiger partial charge in [-0.3, -0.25) is 9.69 Å². The van der Waals surface area contributed by atoms with Crippen molar-refractivity contribution in [2.75, 3.05) is 31.9 Å². The summed E-state index contributed by atoms with van der Waals surface area (Å²) in [5.41, 5.74) is 7.86. The Morgan fingerprint density at radius 2 is 1.61 bits per heavy atom. The van der Waals surface area contributed by atoms with Crippen LogP contribution in [0.5, 0.6) is 0 Å². The first-order valence-corrected chi connectivity index (χ1v) is 13.3. The van der Waals surface area contributed by atoms with E-state index in [0.717, 1.165) is 31.9 Å². The first-order chi connectivity index (χ1) is 16.3. The van der Waals surface area contributed by atoms with E-state index >= 15 is 0 Å². The zero-order valence-electron chi connectivity index (χ0n) is 18.3. The smallest absolute Gasteiger partial charge is 0.270 e. The van der Waals surface area contributed by atoms with E-state index in [1.165, 1.54) is 20.9 Å². The number of benzene rings is 2. The monoisotopic (exact) mass is 474 g/mol. The van der Waals surface area contributed by atoms with Gasteiger partial charge in [-0.1, -0.05) is 60.7 Å². The summed E-state index contributed by atoms with van der Waals surface area (Å²) < 4.78 is 1.36. The first-order valence-electron chi connectivity index (χ1n) is 11.5. The van der Waals surface area contributed by atoms with Crippen LogP contribution in [0, 0.1) is 5.92 Å². The summed E-state index contributed by atoms with van der Waals surface area (Å²) in [5, 5.41) is 6.67. The van der Waals surface area contributed by atoms with Crippen molar-refractivity contribution in [3.8, 4) is 0 Å². The molecule has 0 saturated carbocycles. The number of piperazine rings is 1. The topological polar surface area (TPSA) is 47.9 Å². The molecule has 0 spiro atoms. The van der Waals surface area contributed by atoms with Crippen LogP contribution in [-0.2, 0) is 4.79 Å². The van der Waals surface area contributed by atoms with E-state index in [4.69, 9.17) is 0 Å². The Kier molecular flexibility index (Phi) is 5.70. The number of rotatable bonds is 4. The molecule has 2 aromatic carbocycles. The number of carbonyl (C=O) groups excluding carboxylic acids is 1. The molecule has 1 aromatic heterocycles. The van der Waals surface area contributed by atoms with Crippen molar-refractivity contribution in [3.05, 3.63) is 88.8 Å². The van der Waals surface area contributed by atoms with Gasteiger partial charge in [-0.05, 0) is 22.6 Å². The van der Waals surface area contributed by atoms with Crippen LogP contribution in [0.2, 0.25) is 0 Å². The number of nitrogens with zero attached hydrogens (tertiary/aromatic N) is 3. The number of nitrogens with one attached hydrogen (secondary N) is 1. The molecule has 1 amide bonds. The zero-order chi connectivity index (χ0) is 22.2. The lowest BCUT2D eigenvalue weighted by atomic mass is 9.92. The van der Waals surface area contributed by atoms with E-state index in [2.05, 4.69) is 87.5 Å². The Morgan fingerprint density at radius 3 is 2.27 bits per heavy atom. The number of hydrazone groups is 1. The van der Waals surface area contributed by atoms with Crippen LogP contribution in [0.15, 0.2) is 81.4 Å². The highest BCUT2D eigenvalue weighted by atomic mass is 32.2. The molecule has 3 aliphatic heterocycles. The summed E-state index contributed by atoms with van der Waals surface area (Å²) in [6, 6.07) is 23.9. The van der Waals surface area contributed by atoms with Crippen LogP contribution in [-0.4, -0.2) is 53.4 Å². The summed E-state index contributed by atoms with van der Waals surface area (Å²) in [4.78, 5) is 18.0. The molecule has 33 heavy (non-hydrogen) atoms. The summed E-state index contributed by atoms with van der Waals surface area (Å²) in [7, 11) is 0. The van der Waals surface area contributed by atoms with Crippen LogP contribution in [0.25, 0.3) is 0 Å². The molecule has 5 nitrogen and oxygen atoms in total. The number of hydrogen-bond acceptors (Lipinski definition) is 6. The van der Waals surface area contributed by atoms with Crippen molar-refractivity contribution in [1.82, 2.24) is 15.2 Å². The van der Waals surface area contributed by atoms with Crippen molar-refractivity contribution in [2.24, 2.45) is 11.0 Å². The third-order valence-corrected chi connectivity index (χ3v) is 9.27. The van der Waals surface area contributed by atoms with Crippen molar-refractivity contribution in [1.29, 1.82) is 0 Å². The molecule has 0 bridgehead atoms. The highest BCUT2D eigenvalue weighted by Crippen LogP contribution is 2.45. The average molecular weight is 475 g/mol. The van der Waals surface area contributed by atoms with Gasteiger partial charge in [-0.2, -0.15) is 5.10 Å². The zero-order valence-corrected chi connectivity index (χ0v) is 19.9. The summed E-state index contributed by atoms with van der Waals surface area (Å²) in [6.45, 7) is 3.14. The molecule has 0 radical (unpaired) electrons. The Bertz CT molecular complexity index is 1120. The van der Waals surface area contributed by atoms with Gasteiger partial charge in [0, 0.05) is 43.4 Å². The van der Waals surface area contributed by atoms with E-state index in [9.17, 15) is 4.79 Å². The van der Waals surface area contributed by atoms with Gasteiger partial charge in [0.25, 0.3) is 5.91 Å². The van der Waals surface area contributed by atoms with Crippen molar-refractivity contribution in [3.63, 3.8) is 0 Å². The third-order valence-electron chi connectivity index (χ3n) is 6.88. The molecular formula is C26H26N4OS2. The van der Waals surface area contributed by atoms with E-state index in [0.29, 0.717) is 5.71 Å². The van der Waals surface area contributed by atoms with Crippen LogP contribution in [0.4, 0.5) is 0 Å². The van der Waals surface area contributed by atoms with E-state index in [1.807, 2.05) is 16.7 Å². The Labute approximate surface area is 202 Å². The van der Waals surface area contributed by atoms with Crippen LogP contribution in [0.1, 0.15) is 28.8 Å². The summed E-state index contributed by atoms with van der Waals surface area (Å²) >= 11 is 3.64. The molecule has 0 aliphatic carbocycles. The minimum atomic E-state index is 0.102. The molecule has 7 heteroatoms. The molecule has 4 heterocycles. The van der Waals surface area contributed by atoms with Gasteiger partial charge < -0.3 is 10.3 Å². The van der Waals surface area contributed by atoms with Gasteiger partial charge in [0.1, 0.15) is 5.71 Å². The minimum absolute atomic E-state index is 0.102. The number of carbonyl (C=O) groups is 1. The molecule has 3 aliphatic rings. The molecule has 1 N–H and O–H groups in total. The summed E-state index contributed by atoms with van der Waals surface area (Å²) in [6.07, 6.45) is 0. The maximum absolute atomic E-state index is 13.5. The van der Waals surface area contributed by atoms with E-state index in [1.54, 1.807) is 11.3 Å². The van der Waals surface area contributed by atoms with Gasteiger partial charge in [-0.15, -0.1) is 23.1 Å². The molecule has 6 rings (SSSR count). The van der Waals surface area contributed by atoms with Gasteiger partial charge in [0.05, 0.1) is 16.3 Å². The summed E-state index contributed by atoms with van der Waals surface area (Å²) in [5.74, 6) is 1.17. The maximum Gasteiger partial charge on any atom is 0.270 e. The van der Waals surface area contributed by atoms with Crippen LogP contribution >= 0.6 is 23.1 Å². The predicted molar refractivity (Wildman–Crippen MR) is 135 cm³/mol. The fraction of sp³-hybridized carbons (Fsp3) is 0.308. The standard InChI is InChI=1S/C26H26N4OS2/c31-25(23-21-17-33-26-20(11-16-32-26)22(21)27-28-23)30-14-12-29(13-15-30)24(18-7-3-1-4-8-18)19-9-5-2-6-10-19/h1-11,16,21-22,24,27H,12-15,17H2. The number of hydrogen-bond donors (Lipinski definition) is 1. The second kappa shape index (κ2) is 8.97. The Balaban J connectivity index is 1.16. The molecule has 3 aromatic rings. The number of fused-ring (bicyclic) bond motifs is 3. The van der Waals surface area contributed by atoms with Crippen molar-refractivity contribution >= 4 is 34.7 Å². The maximum atomic E-state index is 13.5. The average Bonchev–Trinajstić information content (AvgIpc) is 3.52. The lowest BCUT2D eigenvalue weighted by molar-refractivity contribution is -0.126. The molecule has 1 fully saturated rings. The fourth-order valence-corrected chi connectivity index (χ4v) is 7.54. The van der Waals surface area contributed by atoms with Crippen LogP contribution in [0.3, 0.4) is 0 Å². The molecule has 2 atom stereocenters. The second-order valence-corrected chi connectivity index (χ2v) is 10.9. The largest absolute Gasteiger partial charge is 0.335 e. The molecule has 168 valence electrons. The third kappa shape index (κ3) is 3.88. The van der Waals surface area contributed by atoms with Gasteiger partial charge in [0.15, 0.2) is 0 Å². The lowest BCUT2D eigenvalue weighted by Gasteiger charge is -2.40. The Morgan fingerprint density at radius 1 is 0.939 bits per heavy atom. The van der Waals surface area contributed by atoms with Gasteiger partial charge in [0.2, 0.25) is 0 Å². The van der Waals surface area contributed by atoms with Gasteiger partial charge >= 0.3 is 0 Å². The fourth-order valence-electron chi connectivity index (χ4n) is 5.19. The number of thiophene rings is 1. The minimum Gasteiger partial charge on any atom is -0.335 e. The molecular weight excluding hydrogens is 448 g/mol. The quantitative estimate of drug-likeness (QED) is 0.609. The highest BCUT2D eigenvalue weighted by Gasteiger charge is 2.42. The number of amides is 1. The van der Waals surface area contributed by atoms with E-state index in [-0.39, 0.29) is 23.9 Å². The van der Waals surface area contributed by atoms with Crippen molar-refractivity contribution < 1.29 is 4.79 Å². The van der Waals surface area contributed by atoms with Crippen LogP contribution < -0.4 is 5.43 Å². The normalized spacial score (nSPS) is 22.5. The SMILES string of the molecule is O=C(C1=NNC2c3ccsc3SCC12)N1CCN(C(c2ccccc2)c2ccccc2)CC1. The van der Waals surface area contributed by atoms with Gasteiger partial charge in [-0.25, -0.2) is 0 Å². The molecule has 1 saturated heterocycles.